The molecular formula is C18H22FN7O2S. The summed E-state index contributed by atoms with van der Waals surface area (Å²) in [6.07, 6.45) is 0.320. The molecule has 1 N–H and O–H groups in total. The number of fused-ring (bicyclic) bond motifs is 1. The predicted octanol–water partition coefficient (Wildman–Crippen LogP) is 0.536. The van der Waals surface area contributed by atoms with Gasteiger partial charge in [0.2, 0.25) is 10.0 Å². The highest BCUT2D eigenvalue weighted by Gasteiger charge is 2.18. The Morgan fingerprint density at radius 1 is 1.03 bits per heavy atom. The zero-order valence-electron chi connectivity index (χ0n) is 16.0. The van der Waals surface area contributed by atoms with E-state index < -0.39 is 15.8 Å². The number of hydrogen-bond donors (Lipinski definition) is 1. The van der Waals surface area contributed by atoms with Crippen molar-refractivity contribution in [3.05, 3.63) is 48.0 Å². The minimum Gasteiger partial charge on any atom is -0.353 e. The number of nitrogens with one attached hydrogen (secondary N) is 1. The summed E-state index contributed by atoms with van der Waals surface area (Å²) < 4.78 is 41.8. The van der Waals surface area contributed by atoms with Crippen LogP contribution in [0.15, 0.2) is 41.3 Å². The summed E-state index contributed by atoms with van der Waals surface area (Å²) in [5.41, 5.74) is 0.610. The van der Waals surface area contributed by atoms with Gasteiger partial charge in [-0.05, 0) is 43.4 Å². The van der Waals surface area contributed by atoms with Crippen LogP contribution in [0.3, 0.4) is 0 Å². The Kier molecular flexibility index (Phi) is 5.43. The fourth-order valence-electron chi connectivity index (χ4n) is 3.18. The first-order valence-corrected chi connectivity index (χ1v) is 10.8. The molecule has 29 heavy (non-hydrogen) atoms. The molecule has 11 heteroatoms. The molecule has 2 aromatic heterocycles. The van der Waals surface area contributed by atoms with Crippen molar-refractivity contribution in [3.63, 3.8) is 0 Å². The van der Waals surface area contributed by atoms with Crippen molar-refractivity contribution >= 4 is 21.5 Å². The Labute approximate surface area is 168 Å². The molecule has 4 rings (SSSR count). The van der Waals surface area contributed by atoms with Crippen molar-refractivity contribution in [1.29, 1.82) is 0 Å². The highest BCUT2D eigenvalue weighted by atomic mass is 32.2. The first-order chi connectivity index (χ1) is 13.9. The van der Waals surface area contributed by atoms with Gasteiger partial charge in [0.25, 0.3) is 0 Å². The molecule has 0 aliphatic carbocycles. The zero-order valence-corrected chi connectivity index (χ0v) is 16.8. The third-order valence-electron chi connectivity index (χ3n) is 4.91. The number of piperazine rings is 1. The third-order valence-corrected chi connectivity index (χ3v) is 6.38. The fourth-order valence-corrected chi connectivity index (χ4v) is 4.21. The molecule has 0 radical (unpaired) electrons. The number of halogens is 1. The molecule has 1 aliphatic heterocycles. The van der Waals surface area contributed by atoms with Gasteiger partial charge >= 0.3 is 0 Å². The standard InChI is InChI=1S/C18H22FN7O2S/c1-24-10-12-25(13-11-24)18-7-6-16-21-22-17(26(16)23-18)8-9-20-29(27,28)15-4-2-14(19)3-5-15/h2-7,20H,8-13H2,1H3. The van der Waals surface area contributed by atoms with Gasteiger partial charge in [0.1, 0.15) is 11.6 Å². The number of aromatic nitrogens is 4. The van der Waals surface area contributed by atoms with E-state index in [1.165, 1.54) is 12.1 Å². The van der Waals surface area contributed by atoms with Gasteiger partial charge < -0.3 is 9.80 Å². The summed E-state index contributed by atoms with van der Waals surface area (Å²) in [5, 5.41) is 12.9. The van der Waals surface area contributed by atoms with Gasteiger partial charge in [0, 0.05) is 39.1 Å². The molecule has 0 spiro atoms. The van der Waals surface area contributed by atoms with Gasteiger partial charge in [0.15, 0.2) is 11.5 Å². The Morgan fingerprint density at radius 2 is 1.76 bits per heavy atom. The van der Waals surface area contributed by atoms with Crippen LogP contribution in [-0.2, 0) is 16.4 Å². The van der Waals surface area contributed by atoms with E-state index in [0.29, 0.717) is 17.9 Å². The van der Waals surface area contributed by atoms with Crippen LogP contribution in [-0.4, -0.2) is 72.9 Å². The van der Waals surface area contributed by atoms with Crippen molar-refractivity contribution in [2.24, 2.45) is 0 Å². The van der Waals surface area contributed by atoms with Crippen LogP contribution >= 0.6 is 0 Å². The van der Waals surface area contributed by atoms with E-state index in [4.69, 9.17) is 0 Å². The lowest BCUT2D eigenvalue weighted by atomic mass is 10.3. The Hall–Kier alpha value is -2.63. The van der Waals surface area contributed by atoms with Crippen molar-refractivity contribution in [3.8, 4) is 0 Å². The molecular weight excluding hydrogens is 397 g/mol. The van der Waals surface area contributed by atoms with Crippen molar-refractivity contribution in [2.75, 3.05) is 44.7 Å². The second-order valence-electron chi connectivity index (χ2n) is 6.97. The summed E-state index contributed by atoms with van der Waals surface area (Å²) in [6, 6.07) is 8.48. The van der Waals surface area contributed by atoms with E-state index in [-0.39, 0.29) is 11.4 Å². The molecule has 0 bridgehead atoms. The van der Waals surface area contributed by atoms with Crippen LogP contribution in [0, 0.1) is 5.82 Å². The smallest absolute Gasteiger partial charge is 0.240 e. The molecule has 3 heterocycles. The molecule has 154 valence electrons. The average molecular weight is 419 g/mol. The molecule has 3 aromatic rings. The molecule has 1 fully saturated rings. The van der Waals surface area contributed by atoms with Crippen molar-refractivity contribution in [2.45, 2.75) is 11.3 Å². The molecule has 1 aromatic carbocycles. The van der Waals surface area contributed by atoms with E-state index in [0.717, 1.165) is 44.1 Å². The molecule has 1 aliphatic rings. The second kappa shape index (κ2) is 8.01. The highest BCUT2D eigenvalue weighted by molar-refractivity contribution is 7.89. The van der Waals surface area contributed by atoms with E-state index in [1.807, 2.05) is 12.1 Å². The predicted molar refractivity (Wildman–Crippen MR) is 106 cm³/mol. The van der Waals surface area contributed by atoms with Crippen LogP contribution in [0.1, 0.15) is 5.82 Å². The van der Waals surface area contributed by atoms with E-state index >= 15 is 0 Å². The fraction of sp³-hybridized carbons (Fsp3) is 0.389. The maximum Gasteiger partial charge on any atom is 0.240 e. The molecule has 0 amide bonds. The quantitative estimate of drug-likeness (QED) is 0.623. The molecule has 0 saturated carbocycles. The summed E-state index contributed by atoms with van der Waals surface area (Å²) in [4.78, 5) is 4.49. The molecule has 0 unspecified atom stereocenters. The molecule has 0 atom stereocenters. The third kappa shape index (κ3) is 4.36. The Bertz CT molecular complexity index is 1090. The molecule has 9 nitrogen and oxygen atoms in total. The SMILES string of the molecule is CN1CCN(c2ccc3nnc(CCNS(=O)(=O)c4ccc(F)cc4)n3n2)CC1. The first kappa shape index (κ1) is 19.7. The van der Waals surface area contributed by atoms with Crippen LogP contribution in [0.25, 0.3) is 5.65 Å². The van der Waals surface area contributed by atoms with Crippen LogP contribution in [0.2, 0.25) is 0 Å². The topological polar surface area (TPSA) is 95.7 Å². The van der Waals surface area contributed by atoms with E-state index in [2.05, 4.69) is 36.9 Å². The number of rotatable bonds is 6. The van der Waals surface area contributed by atoms with Gasteiger partial charge in [0.05, 0.1) is 4.90 Å². The average Bonchev–Trinajstić information content (AvgIpc) is 3.11. The van der Waals surface area contributed by atoms with Crippen molar-refractivity contribution < 1.29 is 12.8 Å². The summed E-state index contributed by atoms with van der Waals surface area (Å²) in [6.45, 7) is 3.86. The Morgan fingerprint density at radius 3 is 2.48 bits per heavy atom. The van der Waals surface area contributed by atoms with Gasteiger partial charge in [-0.25, -0.2) is 17.5 Å². The number of sulfonamides is 1. The minimum atomic E-state index is -3.72. The number of anilines is 1. The number of likely N-dealkylation sites (N-methyl/N-ethyl adjacent to an activating group) is 1. The first-order valence-electron chi connectivity index (χ1n) is 9.32. The second-order valence-corrected chi connectivity index (χ2v) is 8.74. The van der Waals surface area contributed by atoms with Gasteiger partial charge in [-0.15, -0.1) is 15.3 Å². The van der Waals surface area contributed by atoms with E-state index in [1.54, 1.807) is 4.52 Å². The van der Waals surface area contributed by atoms with Crippen LogP contribution in [0.4, 0.5) is 10.2 Å². The lowest BCUT2D eigenvalue weighted by molar-refractivity contribution is 0.311. The van der Waals surface area contributed by atoms with E-state index in [9.17, 15) is 12.8 Å². The largest absolute Gasteiger partial charge is 0.353 e. The van der Waals surface area contributed by atoms with Crippen LogP contribution in [0.5, 0.6) is 0 Å². The zero-order chi connectivity index (χ0) is 20.4. The number of nitrogens with zero attached hydrogens (tertiary/aromatic N) is 6. The van der Waals surface area contributed by atoms with Crippen LogP contribution < -0.4 is 9.62 Å². The molecule has 1 saturated heterocycles. The van der Waals surface area contributed by atoms with Gasteiger partial charge in [-0.2, -0.15) is 4.52 Å². The summed E-state index contributed by atoms with van der Waals surface area (Å²) in [5.74, 6) is 0.928. The van der Waals surface area contributed by atoms with Gasteiger partial charge in [-0.3, -0.25) is 0 Å². The van der Waals surface area contributed by atoms with Crippen molar-refractivity contribution in [1.82, 2.24) is 29.4 Å². The normalized spacial score (nSPS) is 15.9. The lowest BCUT2D eigenvalue weighted by Crippen LogP contribution is -2.45. The van der Waals surface area contributed by atoms with Gasteiger partial charge in [-0.1, -0.05) is 0 Å². The number of hydrogen-bond acceptors (Lipinski definition) is 7. The highest BCUT2D eigenvalue weighted by Crippen LogP contribution is 2.15. The minimum absolute atomic E-state index is 0.0143. The maximum absolute atomic E-state index is 13.0. The lowest BCUT2D eigenvalue weighted by Gasteiger charge is -2.33. The maximum atomic E-state index is 13.0. The number of benzene rings is 1. The summed E-state index contributed by atoms with van der Waals surface area (Å²) >= 11 is 0. The summed E-state index contributed by atoms with van der Waals surface area (Å²) in [7, 11) is -1.63. The monoisotopic (exact) mass is 419 g/mol. The Balaban J connectivity index is 1.45.